The van der Waals surface area contributed by atoms with Crippen molar-refractivity contribution >= 4 is 12.1 Å². The number of benzene rings is 2. The average Bonchev–Trinajstić information content (AvgIpc) is 2.58. The second kappa shape index (κ2) is 8.15. The number of carbonyl (C=O) groups is 1. The number of ether oxygens (including phenoxy) is 2. The summed E-state index contributed by atoms with van der Waals surface area (Å²) in [5.74, 6) is 1.03. The molecule has 2 rings (SSSR count). The molecule has 0 spiro atoms. The molecule has 0 aromatic heterocycles. The fraction of sp³-hybridized carbons (Fsp3) is 0.263. The molecule has 24 heavy (non-hydrogen) atoms. The Morgan fingerprint density at radius 1 is 1.17 bits per heavy atom. The molecule has 5 nitrogen and oxygen atoms in total. The summed E-state index contributed by atoms with van der Waals surface area (Å²) in [4.78, 5) is 12.1. The van der Waals surface area contributed by atoms with Gasteiger partial charge in [-0.25, -0.2) is 5.43 Å². The Kier molecular flexibility index (Phi) is 5.95. The van der Waals surface area contributed by atoms with Crippen molar-refractivity contribution in [3.05, 3.63) is 59.2 Å². The van der Waals surface area contributed by atoms with Crippen LogP contribution in [0.1, 0.15) is 23.6 Å². The van der Waals surface area contributed by atoms with Crippen molar-refractivity contribution < 1.29 is 14.3 Å². The summed E-state index contributed by atoms with van der Waals surface area (Å²) >= 11 is 0. The predicted molar refractivity (Wildman–Crippen MR) is 94.7 cm³/mol. The number of methoxy groups -OCH3 is 1. The van der Waals surface area contributed by atoms with Gasteiger partial charge >= 0.3 is 0 Å². The molecule has 5 heteroatoms. The van der Waals surface area contributed by atoms with E-state index in [1.807, 2.05) is 56.3 Å². The number of para-hydroxylation sites is 1. The van der Waals surface area contributed by atoms with Gasteiger partial charge in [0.25, 0.3) is 5.91 Å². The number of hydrogen-bond acceptors (Lipinski definition) is 4. The van der Waals surface area contributed by atoms with Crippen molar-refractivity contribution in [1.82, 2.24) is 5.43 Å². The molecule has 1 N–H and O–H groups in total. The van der Waals surface area contributed by atoms with Gasteiger partial charge in [-0.2, -0.15) is 5.10 Å². The highest BCUT2D eigenvalue weighted by Gasteiger charge is 2.14. The summed E-state index contributed by atoms with van der Waals surface area (Å²) < 4.78 is 10.9. The largest absolute Gasteiger partial charge is 0.496 e. The third-order valence-corrected chi connectivity index (χ3v) is 3.68. The van der Waals surface area contributed by atoms with E-state index < -0.39 is 6.10 Å². The molecule has 1 amide bonds. The lowest BCUT2D eigenvalue weighted by molar-refractivity contribution is -0.127. The lowest BCUT2D eigenvalue weighted by atomic mass is 10.1. The monoisotopic (exact) mass is 326 g/mol. The van der Waals surface area contributed by atoms with Gasteiger partial charge in [-0.3, -0.25) is 4.79 Å². The quantitative estimate of drug-likeness (QED) is 0.655. The third-order valence-electron chi connectivity index (χ3n) is 3.68. The van der Waals surface area contributed by atoms with E-state index >= 15 is 0 Å². The topological polar surface area (TPSA) is 59.9 Å². The minimum Gasteiger partial charge on any atom is -0.496 e. The van der Waals surface area contributed by atoms with Crippen LogP contribution in [0, 0.1) is 13.8 Å². The molecule has 1 unspecified atom stereocenters. The lowest BCUT2D eigenvalue weighted by Gasteiger charge is -2.14. The maximum absolute atomic E-state index is 12.1. The molecule has 0 radical (unpaired) electrons. The second-order valence-electron chi connectivity index (χ2n) is 5.48. The van der Waals surface area contributed by atoms with E-state index in [2.05, 4.69) is 10.5 Å². The van der Waals surface area contributed by atoms with Crippen molar-refractivity contribution in [3.63, 3.8) is 0 Å². The maximum atomic E-state index is 12.1. The number of hydrogen-bond donors (Lipinski definition) is 1. The third kappa shape index (κ3) is 4.59. The van der Waals surface area contributed by atoms with Gasteiger partial charge in [-0.1, -0.05) is 18.2 Å². The highest BCUT2D eigenvalue weighted by molar-refractivity contribution is 5.86. The van der Waals surface area contributed by atoms with Crippen LogP contribution in [0.3, 0.4) is 0 Å². The molecule has 126 valence electrons. The first-order chi connectivity index (χ1) is 11.5. The molecule has 2 aromatic rings. The molecule has 2 aromatic carbocycles. The van der Waals surface area contributed by atoms with Crippen molar-refractivity contribution in [2.45, 2.75) is 26.9 Å². The van der Waals surface area contributed by atoms with Gasteiger partial charge in [0, 0.05) is 5.56 Å². The first-order valence-electron chi connectivity index (χ1n) is 7.71. The van der Waals surface area contributed by atoms with Crippen molar-refractivity contribution in [3.8, 4) is 11.5 Å². The van der Waals surface area contributed by atoms with E-state index in [0.717, 1.165) is 11.1 Å². The zero-order chi connectivity index (χ0) is 17.5. The summed E-state index contributed by atoms with van der Waals surface area (Å²) in [7, 11) is 1.59. The first kappa shape index (κ1) is 17.5. The van der Waals surface area contributed by atoms with Crippen LogP contribution in [0.15, 0.2) is 47.6 Å². The number of carbonyl (C=O) groups excluding carboxylic acids is 1. The fourth-order valence-electron chi connectivity index (χ4n) is 2.07. The molecule has 1 atom stereocenters. The average molecular weight is 326 g/mol. The minimum atomic E-state index is -0.651. The fourth-order valence-corrected chi connectivity index (χ4v) is 2.07. The van der Waals surface area contributed by atoms with Gasteiger partial charge < -0.3 is 9.47 Å². The lowest BCUT2D eigenvalue weighted by Crippen LogP contribution is -2.33. The molecular formula is C19H22N2O3. The molecule has 0 fully saturated rings. The molecule has 0 saturated carbocycles. The SMILES string of the molecule is COc1ccccc1/C=N/NC(=O)C(C)Oc1ccc(C)c(C)c1. The molecule has 0 aliphatic carbocycles. The number of rotatable bonds is 6. The summed E-state index contributed by atoms with van der Waals surface area (Å²) in [6.07, 6.45) is 0.890. The Balaban J connectivity index is 1.94. The van der Waals surface area contributed by atoms with E-state index in [9.17, 15) is 4.79 Å². The number of hydrazone groups is 1. The van der Waals surface area contributed by atoms with E-state index in [4.69, 9.17) is 9.47 Å². The van der Waals surface area contributed by atoms with Gasteiger partial charge in [0.1, 0.15) is 11.5 Å². The van der Waals surface area contributed by atoms with Crippen LogP contribution in [0.25, 0.3) is 0 Å². The summed E-state index contributed by atoms with van der Waals surface area (Å²) in [6, 6.07) is 13.2. The van der Waals surface area contributed by atoms with Crippen molar-refractivity contribution in [1.29, 1.82) is 0 Å². The van der Waals surface area contributed by atoms with Crippen LogP contribution in [0.2, 0.25) is 0 Å². The molecule has 0 aliphatic rings. The van der Waals surface area contributed by atoms with E-state index in [1.54, 1.807) is 20.2 Å². The van der Waals surface area contributed by atoms with Gasteiger partial charge in [-0.15, -0.1) is 0 Å². The first-order valence-corrected chi connectivity index (χ1v) is 7.71. The van der Waals surface area contributed by atoms with Crippen LogP contribution < -0.4 is 14.9 Å². The van der Waals surface area contributed by atoms with Crippen molar-refractivity contribution in [2.75, 3.05) is 7.11 Å². The summed E-state index contributed by atoms with van der Waals surface area (Å²) in [5.41, 5.74) is 5.56. The normalized spacial score (nSPS) is 12.0. The van der Waals surface area contributed by atoms with Gasteiger partial charge in [-0.05, 0) is 56.2 Å². The Hall–Kier alpha value is -2.82. The Labute approximate surface area is 142 Å². The van der Waals surface area contributed by atoms with E-state index in [-0.39, 0.29) is 5.91 Å². The van der Waals surface area contributed by atoms with E-state index in [0.29, 0.717) is 11.5 Å². The Morgan fingerprint density at radius 3 is 2.62 bits per heavy atom. The predicted octanol–water partition coefficient (Wildman–Crippen LogP) is 3.23. The van der Waals surface area contributed by atoms with Crippen LogP contribution in [0.5, 0.6) is 11.5 Å². The van der Waals surface area contributed by atoms with E-state index in [1.165, 1.54) is 5.56 Å². The zero-order valence-corrected chi connectivity index (χ0v) is 14.4. The molecule has 0 bridgehead atoms. The van der Waals surface area contributed by atoms with Gasteiger partial charge in [0.2, 0.25) is 0 Å². The zero-order valence-electron chi connectivity index (χ0n) is 14.4. The number of nitrogens with zero attached hydrogens (tertiary/aromatic N) is 1. The smallest absolute Gasteiger partial charge is 0.280 e. The number of nitrogens with one attached hydrogen (secondary N) is 1. The summed E-state index contributed by atoms with van der Waals surface area (Å²) in [5, 5.41) is 3.96. The van der Waals surface area contributed by atoms with Crippen LogP contribution >= 0.6 is 0 Å². The van der Waals surface area contributed by atoms with Crippen LogP contribution in [0.4, 0.5) is 0 Å². The second-order valence-corrected chi connectivity index (χ2v) is 5.48. The molecular weight excluding hydrogens is 304 g/mol. The van der Waals surface area contributed by atoms with Crippen molar-refractivity contribution in [2.24, 2.45) is 5.10 Å². The Morgan fingerprint density at radius 2 is 1.92 bits per heavy atom. The summed E-state index contributed by atoms with van der Waals surface area (Å²) in [6.45, 7) is 5.72. The van der Waals surface area contributed by atoms with Crippen LogP contribution in [-0.4, -0.2) is 25.3 Å². The molecule has 0 heterocycles. The van der Waals surface area contributed by atoms with Gasteiger partial charge in [0.15, 0.2) is 6.10 Å². The number of aryl methyl sites for hydroxylation is 2. The molecule has 0 saturated heterocycles. The number of amides is 1. The maximum Gasteiger partial charge on any atom is 0.280 e. The highest BCUT2D eigenvalue weighted by atomic mass is 16.5. The Bertz CT molecular complexity index is 741. The standard InChI is InChI=1S/C19H22N2O3/c1-13-9-10-17(11-14(13)2)24-15(3)19(22)21-20-12-16-7-5-6-8-18(16)23-4/h5-12,15H,1-4H3,(H,21,22)/b20-12+. The highest BCUT2D eigenvalue weighted by Crippen LogP contribution is 2.18. The minimum absolute atomic E-state index is 0.320. The van der Waals surface area contributed by atoms with Crippen LogP contribution in [-0.2, 0) is 4.79 Å². The molecule has 0 aliphatic heterocycles. The van der Waals surface area contributed by atoms with Gasteiger partial charge in [0.05, 0.1) is 13.3 Å².